The lowest BCUT2D eigenvalue weighted by Gasteiger charge is -2.13. The number of hydrogen-bond donors (Lipinski definition) is 1. The van der Waals surface area contributed by atoms with Crippen LogP contribution in [-0.4, -0.2) is 9.78 Å². The standard InChI is InChI=1S/C9H12N2O2/c1-11-9(13)7-5-3-2-4-6(7)8(12)10-11/h2-5H2,1H3,(H,10,12). The van der Waals surface area contributed by atoms with Crippen molar-refractivity contribution in [2.24, 2.45) is 7.05 Å². The van der Waals surface area contributed by atoms with E-state index in [1.165, 1.54) is 4.68 Å². The molecule has 4 nitrogen and oxygen atoms in total. The van der Waals surface area contributed by atoms with E-state index in [1.807, 2.05) is 0 Å². The summed E-state index contributed by atoms with van der Waals surface area (Å²) >= 11 is 0. The molecule has 1 aromatic rings. The molecule has 0 spiro atoms. The van der Waals surface area contributed by atoms with Crippen molar-refractivity contribution in [1.29, 1.82) is 0 Å². The maximum Gasteiger partial charge on any atom is 0.268 e. The van der Waals surface area contributed by atoms with Crippen LogP contribution in [0.5, 0.6) is 0 Å². The van der Waals surface area contributed by atoms with Crippen molar-refractivity contribution < 1.29 is 0 Å². The second kappa shape index (κ2) is 2.87. The van der Waals surface area contributed by atoms with Gasteiger partial charge in [-0.05, 0) is 25.7 Å². The Bertz CT molecular complexity index is 442. The average molecular weight is 180 g/mol. The summed E-state index contributed by atoms with van der Waals surface area (Å²) < 4.78 is 1.27. The van der Waals surface area contributed by atoms with E-state index in [1.54, 1.807) is 7.05 Å². The first-order valence-electron chi connectivity index (χ1n) is 4.51. The predicted octanol–water partition coefficient (Wildman–Crippen LogP) is -0.0476. The van der Waals surface area contributed by atoms with Gasteiger partial charge in [-0.2, -0.15) is 0 Å². The minimum Gasteiger partial charge on any atom is -0.268 e. The smallest absolute Gasteiger partial charge is 0.268 e. The molecule has 0 saturated heterocycles. The van der Waals surface area contributed by atoms with Crippen LogP contribution in [0.4, 0.5) is 0 Å². The number of aryl methyl sites for hydroxylation is 1. The molecule has 1 aliphatic carbocycles. The van der Waals surface area contributed by atoms with Crippen molar-refractivity contribution in [1.82, 2.24) is 9.78 Å². The average Bonchev–Trinajstić information content (AvgIpc) is 2.15. The molecule has 1 heterocycles. The van der Waals surface area contributed by atoms with Gasteiger partial charge in [-0.25, -0.2) is 0 Å². The Balaban J connectivity index is 2.77. The van der Waals surface area contributed by atoms with Crippen molar-refractivity contribution in [3.63, 3.8) is 0 Å². The van der Waals surface area contributed by atoms with Gasteiger partial charge >= 0.3 is 0 Å². The normalized spacial score (nSPS) is 15.5. The van der Waals surface area contributed by atoms with Gasteiger partial charge in [0.25, 0.3) is 11.1 Å². The molecule has 13 heavy (non-hydrogen) atoms. The second-order valence-electron chi connectivity index (χ2n) is 3.47. The van der Waals surface area contributed by atoms with Crippen LogP contribution >= 0.6 is 0 Å². The molecule has 0 fully saturated rings. The van der Waals surface area contributed by atoms with E-state index in [2.05, 4.69) is 5.10 Å². The SMILES string of the molecule is Cn1[nH]c(=O)c2c(c1=O)CCCC2. The third-order valence-corrected chi connectivity index (χ3v) is 2.57. The predicted molar refractivity (Wildman–Crippen MR) is 48.9 cm³/mol. The monoisotopic (exact) mass is 180 g/mol. The lowest BCUT2D eigenvalue weighted by Crippen LogP contribution is -2.35. The molecule has 2 rings (SSSR count). The molecule has 0 unspecified atom stereocenters. The first-order valence-corrected chi connectivity index (χ1v) is 4.51. The lowest BCUT2D eigenvalue weighted by atomic mass is 9.94. The number of fused-ring (bicyclic) bond motifs is 1. The molecular formula is C9H12N2O2. The van der Waals surface area contributed by atoms with Crippen molar-refractivity contribution in [2.45, 2.75) is 25.7 Å². The van der Waals surface area contributed by atoms with Gasteiger partial charge in [0.15, 0.2) is 0 Å². The molecule has 0 aliphatic heterocycles. The molecule has 0 aromatic carbocycles. The number of aromatic amines is 1. The number of aromatic nitrogens is 2. The van der Waals surface area contributed by atoms with Gasteiger partial charge in [0.05, 0.1) is 0 Å². The van der Waals surface area contributed by atoms with Crippen LogP contribution in [0.2, 0.25) is 0 Å². The fraction of sp³-hybridized carbons (Fsp3) is 0.556. The quantitative estimate of drug-likeness (QED) is 0.608. The maximum atomic E-state index is 11.6. The van der Waals surface area contributed by atoms with Crippen LogP contribution in [0.25, 0.3) is 0 Å². The summed E-state index contributed by atoms with van der Waals surface area (Å²) in [6, 6.07) is 0. The van der Waals surface area contributed by atoms with Crippen molar-refractivity contribution in [3.05, 3.63) is 31.8 Å². The number of rotatable bonds is 0. The molecule has 0 bridgehead atoms. The molecule has 0 atom stereocenters. The lowest BCUT2D eigenvalue weighted by molar-refractivity contribution is 0.610. The van der Waals surface area contributed by atoms with Gasteiger partial charge < -0.3 is 0 Å². The number of nitrogens with one attached hydrogen (secondary N) is 1. The zero-order valence-corrected chi connectivity index (χ0v) is 7.59. The summed E-state index contributed by atoms with van der Waals surface area (Å²) in [6.45, 7) is 0. The Morgan fingerprint density at radius 3 is 2.46 bits per heavy atom. The van der Waals surface area contributed by atoms with Crippen LogP contribution in [0.1, 0.15) is 24.0 Å². The largest absolute Gasteiger partial charge is 0.268 e. The van der Waals surface area contributed by atoms with Crippen molar-refractivity contribution in [3.8, 4) is 0 Å². The van der Waals surface area contributed by atoms with E-state index in [0.717, 1.165) is 31.2 Å². The summed E-state index contributed by atoms with van der Waals surface area (Å²) in [5.41, 5.74) is 1.28. The van der Waals surface area contributed by atoms with Gasteiger partial charge in [-0.15, -0.1) is 0 Å². The van der Waals surface area contributed by atoms with Crippen LogP contribution < -0.4 is 11.1 Å². The van der Waals surface area contributed by atoms with E-state index in [-0.39, 0.29) is 11.1 Å². The van der Waals surface area contributed by atoms with Gasteiger partial charge in [0, 0.05) is 18.2 Å². The highest BCUT2D eigenvalue weighted by Gasteiger charge is 2.16. The number of H-pyrrole nitrogens is 1. The molecule has 70 valence electrons. The minimum absolute atomic E-state index is 0.0469. The third-order valence-electron chi connectivity index (χ3n) is 2.57. The van der Waals surface area contributed by atoms with E-state index in [0.29, 0.717) is 5.56 Å². The van der Waals surface area contributed by atoms with Gasteiger partial charge in [0.1, 0.15) is 0 Å². The molecule has 1 aromatic heterocycles. The minimum atomic E-state index is -0.100. The van der Waals surface area contributed by atoms with Gasteiger partial charge in [-0.3, -0.25) is 19.4 Å². The Morgan fingerprint density at radius 1 is 1.15 bits per heavy atom. The molecular weight excluding hydrogens is 168 g/mol. The Kier molecular flexibility index (Phi) is 1.83. The third kappa shape index (κ3) is 1.22. The summed E-state index contributed by atoms with van der Waals surface area (Å²) in [7, 11) is 1.58. The van der Waals surface area contributed by atoms with Crippen LogP contribution in [-0.2, 0) is 19.9 Å². The summed E-state index contributed by atoms with van der Waals surface area (Å²) in [6.07, 6.45) is 3.54. The first-order chi connectivity index (χ1) is 6.20. The summed E-state index contributed by atoms with van der Waals surface area (Å²) in [5, 5.41) is 2.52. The van der Waals surface area contributed by atoms with Gasteiger partial charge in [-0.1, -0.05) is 0 Å². The van der Waals surface area contributed by atoms with E-state index >= 15 is 0 Å². The molecule has 4 heteroatoms. The zero-order valence-electron chi connectivity index (χ0n) is 7.59. The van der Waals surface area contributed by atoms with Crippen LogP contribution in [0.15, 0.2) is 9.59 Å². The van der Waals surface area contributed by atoms with E-state index in [9.17, 15) is 9.59 Å². The van der Waals surface area contributed by atoms with E-state index < -0.39 is 0 Å². The Labute approximate surface area is 75.2 Å². The maximum absolute atomic E-state index is 11.6. The van der Waals surface area contributed by atoms with Crippen molar-refractivity contribution in [2.75, 3.05) is 0 Å². The summed E-state index contributed by atoms with van der Waals surface area (Å²) in [4.78, 5) is 23.0. The van der Waals surface area contributed by atoms with Crippen LogP contribution in [0, 0.1) is 0 Å². The van der Waals surface area contributed by atoms with Gasteiger partial charge in [0.2, 0.25) is 0 Å². The van der Waals surface area contributed by atoms with Crippen LogP contribution in [0.3, 0.4) is 0 Å². The molecule has 0 radical (unpaired) electrons. The summed E-state index contributed by atoms with van der Waals surface area (Å²) in [5.74, 6) is 0. The molecule has 0 saturated carbocycles. The second-order valence-corrected chi connectivity index (χ2v) is 3.47. The molecule has 1 N–H and O–H groups in total. The fourth-order valence-corrected chi connectivity index (χ4v) is 1.86. The highest BCUT2D eigenvalue weighted by atomic mass is 16.2. The highest BCUT2D eigenvalue weighted by Crippen LogP contribution is 2.13. The van der Waals surface area contributed by atoms with Crippen molar-refractivity contribution >= 4 is 0 Å². The molecule has 1 aliphatic rings. The Hall–Kier alpha value is -1.32. The first kappa shape index (κ1) is 8.29. The number of hydrogen-bond acceptors (Lipinski definition) is 2. The topological polar surface area (TPSA) is 54.9 Å². The molecule has 0 amide bonds. The van der Waals surface area contributed by atoms with E-state index in [4.69, 9.17) is 0 Å². The fourth-order valence-electron chi connectivity index (χ4n) is 1.86. The number of nitrogens with zero attached hydrogens (tertiary/aromatic N) is 1. The zero-order chi connectivity index (χ0) is 9.42. The highest BCUT2D eigenvalue weighted by molar-refractivity contribution is 5.23. The Morgan fingerprint density at radius 2 is 1.77 bits per heavy atom.